The molecule has 0 spiro atoms. The first kappa shape index (κ1) is 84.0. The fourth-order valence-electron chi connectivity index (χ4n) is 22.3. The van der Waals surface area contributed by atoms with Gasteiger partial charge in [-0.1, -0.05) is 127 Å². The minimum Gasteiger partial charge on any atom is -0.458 e. The lowest BCUT2D eigenvalue weighted by atomic mass is 9.50. The van der Waals surface area contributed by atoms with E-state index in [0.717, 1.165) is 135 Å². The van der Waals surface area contributed by atoms with Crippen molar-refractivity contribution < 1.29 is 76.0 Å². The molecule has 10 unspecified atom stereocenters. The van der Waals surface area contributed by atoms with Crippen LogP contribution in [-0.4, -0.2) is 133 Å². The summed E-state index contributed by atoms with van der Waals surface area (Å²) in [5.74, 6) is 2.31. The van der Waals surface area contributed by atoms with Gasteiger partial charge in [-0.15, -0.1) is 0 Å². The largest absolute Gasteiger partial charge is 0.458 e. The number of esters is 3. The van der Waals surface area contributed by atoms with E-state index in [-0.39, 0.29) is 76.3 Å². The van der Waals surface area contributed by atoms with E-state index in [1.54, 1.807) is 28.4 Å². The third-order valence-electron chi connectivity index (χ3n) is 26.4. The maximum atomic E-state index is 13.5. The van der Waals surface area contributed by atoms with Gasteiger partial charge in [0.25, 0.3) is 0 Å². The summed E-state index contributed by atoms with van der Waals surface area (Å²) in [4.78, 5) is 39.9. The maximum absolute atomic E-state index is 13.5. The molecule has 16 heteroatoms. The molecule has 14 aliphatic carbocycles. The predicted molar refractivity (Wildman–Crippen MR) is 399 cm³/mol. The molecule has 0 aromatic carbocycles. The van der Waals surface area contributed by atoms with E-state index in [4.69, 9.17) is 61.6 Å². The average Bonchev–Trinajstić information content (AvgIpc) is 0.713. The van der Waals surface area contributed by atoms with Gasteiger partial charge in [0.1, 0.15) is 16.8 Å². The number of rotatable bonds is 27. The van der Waals surface area contributed by atoms with Gasteiger partial charge in [-0.2, -0.15) is 0 Å². The van der Waals surface area contributed by atoms with Crippen molar-refractivity contribution in [3.63, 3.8) is 0 Å². The molecule has 0 aromatic heterocycles. The van der Waals surface area contributed by atoms with E-state index < -0.39 is 55.5 Å². The number of hydrogen-bond acceptors (Lipinski definition) is 16. The van der Waals surface area contributed by atoms with Crippen molar-refractivity contribution in [3.8, 4) is 0 Å². The van der Waals surface area contributed by atoms with Gasteiger partial charge in [-0.25, -0.2) is 0 Å². The zero-order chi connectivity index (χ0) is 75.5. The Morgan fingerprint density at radius 2 is 0.559 bits per heavy atom. The van der Waals surface area contributed by atoms with Crippen molar-refractivity contribution in [2.45, 2.75) is 444 Å². The molecule has 0 aliphatic heterocycles. The van der Waals surface area contributed by atoms with E-state index >= 15 is 0 Å². The van der Waals surface area contributed by atoms with Crippen LogP contribution in [0.3, 0.4) is 0 Å². The molecule has 14 aliphatic rings. The van der Waals surface area contributed by atoms with Crippen LogP contribution >= 0.6 is 0 Å². The summed E-state index contributed by atoms with van der Waals surface area (Å²) in [6.07, 6.45) is 31.8. The second-order valence-electron chi connectivity index (χ2n) is 42.1. The van der Waals surface area contributed by atoms with Gasteiger partial charge in [0.2, 0.25) is 0 Å². The lowest BCUT2D eigenvalue weighted by Crippen LogP contribution is -2.70. The molecule has 0 N–H and O–H groups in total. The summed E-state index contributed by atoms with van der Waals surface area (Å²) in [7, 11) is 7.02. The number of ether oxygens (including phenoxy) is 13. The lowest BCUT2D eigenvalue weighted by molar-refractivity contribution is -0.352. The van der Waals surface area contributed by atoms with Crippen LogP contribution in [-0.2, 0) is 76.0 Å². The SMILES string of the molecule is CCC(C)(C)C(=O)OC12CC3CC(OC(C)(C)C)(C1)CC(OC(C)(C)C)(C3)C2.CCC(C)(C)C(=O)OC12CC3CC(OC(CC4CCCCC4)OC)(C1)CC(OC(CC1CCCCC1)OC)(C3)C2.CCC(C)(C)C(=O)OC12CC3CC(OC(OC)C(C)(C)C)(C1)CC(OC(OC)C(C)(C)C)(C3)C2. The Balaban J connectivity index is 0.000000181. The number of methoxy groups -OCH3 is 4. The zero-order valence-electron chi connectivity index (χ0n) is 69.6. The molecule has 0 saturated heterocycles. The highest BCUT2D eigenvalue weighted by molar-refractivity contribution is 5.77. The van der Waals surface area contributed by atoms with Crippen LogP contribution in [0.25, 0.3) is 0 Å². The third-order valence-corrected chi connectivity index (χ3v) is 26.4. The fraction of sp³-hybridized carbons (Fsp3) is 0.965. The Morgan fingerprint density at radius 3 is 0.804 bits per heavy atom. The molecule has 102 heavy (non-hydrogen) atoms. The van der Waals surface area contributed by atoms with Gasteiger partial charge >= 0.3 is 17.9 Å². The van der Waals surface area contributed by atoms with Crippen molar-refractivity contribution in [3.05, 3.63) is 0 Å². The second-order valence-corrected chi connectivity index (χ2v) is 42.1. The average molecular weight is 1440 g/mol. The summed E-state index contributed by atoms with van der Waals surface area (Å²) >= 11 is 0. The predicted octanol–water partition coefficient (Wildman–Crippen LogP) is 20.2. The lowest BCUT2D eigenvalue weighted by Gasteiger charge is -2.66. The molecule has 0 heterocycles. The summed E-state index contributed by atoms with van der Waals surface area (Å²) in [6.45, 7) is 43.6. The molecule has 0 aromatic rings. The summed E-state index contributed by atoms with van der Waals surface area (Å²) in [6, 6.07) is 0. The molecule has 590 valence electrons. The highest BCUT2D eigenvalue weighted by Gasteiger charge is 2.71. The Hall–Kier alpha value is -1.99. The van der Waals surface area contributed by atoms with Gasteiger partial charge < -0.3 is 61.6 Å². The third kappa shape index (κ3) is 20.0. The Morgan fingerprint density at radius 1 is 0.324 bits per heavy atom. The van der Waals surface area contributed by atoms with Crippen LogP contribution in [0.2, 0.25) is 0 Å². The zero-order valence-corrected chi connectivity index (χ0v) is 69.6. The van der Waals surface area contributed by atoms with Gasteiger partial charge in [-0.05, 0) is 190 Å². The van der Waals surface area contributed by atoms with Crippen molar-refractivity contribution in [1.29, 1.82) is 0 Å². The van der Waals surface area contributed by atoms with Gasteiger partial charge in [-0.3, -0.25) is 14.4 Å². The molecule has 0 amide bonds. The van der Waals surface area contributed by atoms with Gasteiger partial charge in [0.15, 0.2) is 25.2 Å². The molecule has 12 bridgehead atoms. The molecule has 14 rings (SSSR count). The second kappa shape index (κ2) is 30.7. The van der Waals surface area contributed by atoms with E-state index in [1.807, 2.05) is 48.5 Å². The van der Waals surface area contributed by atoms with E-state index in [0.29, 0.717) is 42.4 Å². The van der Waals surface area contributed by atoms with Crippen molar-refractivity contribution in [2.24, 2.45) is 56.7 Å². The van der Waals surface area contributed by atoms with Gasteiger partial charge in [0.05, 0.1) is 61.1 Å². The fourth-order valence-corrected chi connectivity index (χ4v) is 22.3. The molecule has 14 fully saturated rings. The standard InChI is InChI=1S/C34H58O6.C28H50O6.C24H42O4/c1-6-31(2,3)30(35)40-34-21-27-19-32(23-34,38-28(36-4)17-25-13-9-7-10-14-25)22-33(20-27,24-34)39-29(37-5)18-26-15-11-8-12-16-26;1-12-25(8,9)20(29)32-26-13-19-14-27(16-26,33-21(30-10)23(2,3)4)18-28(15-19,17-26)34-22(31-11)24(5,6)7;1-10-21(8,9)18(25)26-22-11-17-12-23(14-22,27-19(2,3)4)16-24(13-17,15-22)28-20(5,6)7/h25-29H,6-24H2,1-5H3;19,21-22H,12-18H2,1-11H3;17H,10-16H2,1-9H3. The Kier molecular flexibility index (Phi) is 25.3. The highest BCUT2D eigenvalue weighted by atomic mass is 16.7. The maximum Gasteiger partial charge on any atom is 0.312 e. The first-order valence-corrected chi connectivity index (χ1v) is 41.0. The first-order chi connectivity index (χ1) is 47.1. The van der Waals surface area contributed by atoms with Crippen LogP contribution in [0.4, 0.5) is 0 Å². The van der Waals surface area contributed by atoms with Crippen LogP contribution in [0.15, 0.2) is 0 Å². The van der Waals surface area contributed by atoms with Crippen molar-refractivity contribution in [1.82, 2.24) is 0 Å². The molecule has 16 nitrogen and oxygen atoms in total. The summed E-state index contributed by atoms with van der Waals surface area (Å²) in [5, 5.41) is 0. The van der Waals surface area contributed by atoms with E-state index in [2.05, 4.69) is 96.9 Å². The Bertz CT molecular complexity index is 2680. The topological polar surface area (TPSA) is 171 Å². The number of hydrogen-bond donors (Lipinski definition) is 0. The molecule has 14 saturated carbocycles. The van der Waals surface area contributed by atoms with Crippen molar-refractivity contribution in [2.75, 3.05) is 28.4 Å². The molecule has 10 atom stereocenters. The number of carbonyl (C=O) groups is 3. The quantitative estimate of drug-likeness (QED) is 0.0432. The molecular weight excluding hydrogens is 1290 g/mol. The summed E-state index contributed by atoms with van der Waals surface area (Å²) < 4.78 is 84.5. The smallest absolute Gasteiger partial charge is 0.312 e. The van der Waals surface area contributed by atoms with E-state index in [9.17, 15) is 14.4 Å². The van der Waals surface area contributed by atoms with Crippen LogP contribution < -0.4 is 0 Å². The summed E-state index contributed by atoms with van der Waals surface area (Å²) in [5.41, 5.74) is -6.14. The van der Waals surface area contributed by atoms with Crippen LogP contribution in [0, 0.1) is 56.7 Å². The minimum atomic E-state index is -0.588. The number of carbonyl (C=O) groups excluding carboxylic acids is 3. The first-order valence-electron chi connectivity index (χ1n) is 41.0. The minimum absolute atomic E-state index is 0.0752. The molecule has 0 radical (unpaired) electrons. The van der Waals surface area contributed by atoms with Gasteiger partial charge in [0, 0.05) is 110 Å². The molecular formula is C86H150O16. The van der Waals surface area contributed by atoms with Crippen molar-refractivity contribution >= 4 is 17.9 Å². The van der Waals surface area contributed by atoms with Crippen LogP contribution in [0.5, 0.6) is 0 Å². The monoisotopic (exact) mass is 1440 g/mol. The van der Waals surface area contributed by atoms with E-state index in [1.165, 1.54) is 64.2 Å². The Labute approximate surface area is 620 Å². The highest BCUT2D eigenvalue weighted by Crippen LogP contribution is 2.68. The van der Waals surface area contributed by atoms with Crippen LogP contribution in [0.1, 0.15) is 357 Å². The normalized spacial score (nSPS) is 36.5.